The standard InChI is InChI=1S/C27H24ClN7O/c1-33-9-11-34(12-10-33)27(36)20(15-29)13-18-3-2-4-22(14-18)35-16-23(19-5-7-21(28)8-6-19)24-25(30)31-17-32-26(24)35/h2-8,13-14,16-17H,9-12H2,1H3,(H2,30,31,32). The molecule has 0 aliphatic carbocycles. The predicted octanol–water partition coefficient (Wildman–Crippen LogP) is 4.00. The number of halogens is 1. The van der Waals surface area contributed by atoms with E-state index >= 15 is 0 Å². The van der Waals surface area contributed by atoms with Gasteiger partial charge in [-0.1, -0.05) is 35.9 Å². The van der Waals surface area contributed by atoms with Crippen LogP contribution >= 0.6 is 11.6 Å². The Labute approximate surface area is 213 Å². The van der Waals surface area contributed by atoms with Gasteiger partial charge in [-0.25, -0.2) is 9.97 Å². The summed E-state index contributed by atoms with van der Waals surface area (Å²) in [7, 11) is 2.02. The van der Waals surface area contributed by atoms with E-state index in [1.54, 1.807) is 11.0 Å². The van der Waals surface area contributed by atoms with Crippen LogP contribution in [-0.4, -0.2) is 63.5 Å². The highest BCUT2D eigenvalue weighted by atomic mass is 35.5. The minimum Gasteiger partial charge on any atom is -0.383 e. The molecule has 36 heavy (non-hydrogen) atoms. The van der Waals surface area contributed by atoms with E-state index < -0.39 is 0 Å². The van der Waals surface area contributed by atoms with E-state index in [1.165, 1.54) is 6.33 Å². The van der Waals surface area contributed by atoms with Gasteiger partial charge in [0.05, 0.1) is 5.39 Å². The van der Waals surface area contributed by atoms with Crippen molar-refractivity contribution in [3.05, 3.63) is 77.2 Å². The van der Waals surface area contributed by atoms with Crippen LogP contribution in [0.5, 0.6) is 0 Å². The fourth-order valence-electron chi connectivity index (χ4n) is 4.38. The predicted molar refractivity (Wildman–Crippen MR) is 141 cm³/mol. The van der Waals surface area contributed by atoms with Crippen LogP contribution in [0.4, 0.5) is 5.82 Å². The first-order valence-electron chi connectivity index (χ1n) is 11.5. The van der Waals surface area contributed by atoms with Crippen molar-refractivity contribution in [2.75, 3.05) is 39.0 Å². The number of carbonyl (C=O) groups excluding carboxylic acids is 1. The highest BCUT2D eigenvalue weighted by Crippen LogP contribution is 2.35. The lowest BCUT2D eigenvalue weighted by atomic mass is 10.1. The van der Waals surface area contributed by atoms with Crippen molar-refractivity contribution >= 4 is 40.4 Å². The maximum atomic E-state index is 13.0. The average molecular weight is 498 g/mol. The zero-order valence-corrected chi connectivity index (χ0v) is 20.5. The largest absolute Gasteiger partial charge is 0.383 e. The zero-order chi connectivity index (χ0) is 25.2. The zero-order valence-electron chi connectivity index (χ0n) is 19.7. The maximum absolute atomic E-state index is 13.0. The van der Waals surface area contributed by atoms with Crippen LogP contribution in [0.2, 0.25) is 5.02 Å². The topological polar surface area (TPSA) is 104 Å². The van der Waals surface area contributed by atoms with Gasteiger partial charge in [-0.15, -0.1) is 0 Å². The molecule has 0 unspecified atom stereocenters. The monoisotopic (exact) mass is 497 g/mol. The smallest absolute Gasteiger partial charge is 0.264 e. The highest BCUT2D eigenvalue weighted by Gasteiger charge is 2.22. The van der Waals surface area contributed by atoms with Gasteiger partial charge < -0.3 is 20.1 Å². The summed E-state index contributed by atoms with van der Waals surface area (Å²) in [6.45, 7) is 2.81. The lowest BCUT2D eigenvalue weighted by Gasteiger charge is -2.32. The van der Waals surface area contributed by atoms with Crippen LogP contribution in [0.25, 0.3) is 33.9 Å². The molecule has 180 valence electrons. The Kier molecular flexibility index (Phi) is 6.42. The average Bonchev–Trinajstić information content (AvgIpc) is 3.29. The first-order valence-corrected chi connectivity index (χ1v) is 11.9. The van der Waals surface area contributed by atoms with Gasteiger partial charge in [0.25, 0.3) is 5.91 Å². The number of rotatable bonds is 4. The van der Waals surface area contributed by atoms with Crippen molar-refractivity contribution in [2.45, 2.75) is 0 Å². The number of nitriles is 1. The fourth-order valence-corrected chi connectivity index (χ4v) is 4.51. The number of aromatic nitrogens is 3. The summed E-state index contributed by atoms with van der Waals surface area (Å²) in [6.07, 6.45) is 5.04. The van der Waals surface area contributed by atoms with Crippen LogP contribution in [0.3, 0.4) is 0 Å². The van der Waals surface area contributed by atoms with Crippen LogP contribution in [0.15, 0.2) is 66.6 Å². The molecular formula is C27H24ClN7O. The molecule has 1 amide bonds. The van der Waals surface area contributed by atoms with Gasteiger partial charge in [-0.3, -0.25) is 4.79 Å². The molecule has 0 radical (unpaired) electrons. The molecule has 4 aromatic rings. The SMILES string of the molecule is CN1CCN(C(=O)C(C#N)=Cc2cccc(-n3cc(-c4ccc(Cl)cc4)c4c(N)ncnc43)c2)CC1. The van der Waals surface area contributed by atoms with E-state index in [0.29, 0.717) is 29.6 Å². The molecule has 0 spiro atoms. The minimum atomic E-state index is -0.243. The van der Waals surface area contributed by atoms with Crippen LogP contribution in [0, 0.1) is 11.3 Å². The number of benzene rings is 2. The van der Waals surface area contributed by atoms with E-state index in [0.717, 1.165) is 40.9 Å². The third kappa shape index (κ3) is 4.54. The Morgan fingerprint density at radius 2 is 1.86 bits per heavy atom. The number of nitrogens with two attached hydrogens (primary N) is 1. The van der Waals surface area contributed by atoms with Gasteiger partial charge in [-0.2, -0.15) is 5.26 Å². The summed E-state index contributed by atoms with van der Waals surface area (Å²) < 4.78 is 1.93. The van der Waals surface area contributed by atoms with E-state index in [1.807, 2.05) is 66.3 Å². The van der Waals surface area contributed by atoms with Crippen molar-refractivity contribution in [2.24, 2.45) is 0 Å². The summed E-state index contributed by atoms with van der Waals surface area (Å²) >= 11 is 6.09. The van der Waals surface area contributed by atoms with Gasteiger partial charge in [0.1, 0.15) is 23.8 Å². The second-order valence-electron chi connectivity index (χ2n) is 8.74. The molecule has 8 nitrogen and oxygen atoms in total. The van der Waals surface area contributed by atoms with Gasteiger partial charge in [0, 0.05) is 48.6 Å². The minimum absolute atomic E-state index is 0.113. The molecule has 1 aliphatic heterocycles. The van der Waals surface area contributed by atoms with Crippen molar-refractivity contribution in [3.8, 4) is 22.9 Å². The molecule has 0 saturated carbocycles. The number of nitrogen functional groups attached to an aromatic ring is 1. The molecule has 2 N–H and O–H groups in total. The molecule has 3 heterocycles. The van der Waals surface area contributed by atoms with E-state index in [2.05, 4.69) is 20.9 Å². The van der Waals surface area contributed by atoms with Crippen molar-refractivity contribution in [3.63, 3.8) is 0 Å². The number of fused-ring (bicyclic) bond motifs is 1. The summed E-state index contributed by atoms with van der Waals surface area (Å²) in [5.74, 6) is 0.136. The molecule has 1 aliphatic rings. The number of nitrogens with zero attached hydrogens (tertiary/aromatic N) is 6. The summed E-state index contributed by atoms with van der Waals surface area (Å²) in [6, 6.07) is 17.2. The van der Waals surface area contributed by atoms with E-state index in [9.17, 15) is 10.1 Å². The number of piperazine rings is 1. The number of hydrogen-bond donors (Lipinski definition) is 1. The van der Waals surface area contributed by atoms with Crippen LogP contribution in [-0.2, 0) is 4.79 Å². The highest BCUT2D eigenvalue weighted by molar-refractivity contribution is 6.30. The van der Waals surface area contributed by atoms with Gasteiger partial charge in [0.2, 0.25) is 0 Å². The third-order valence-corrected chi connectivity index (χ3v) is 6.62. The fraction of sp³-hybridized carbons (Fsp3) is 0.185. The Morgan fingerprint density at radius 3 is 2.58 bits per heavy atom. The molecule has 5 rings (SSSR count). The normalized spacial score (nSPS) is 14.7. The van der Waals surface area contributed by atoms with Crippen LogP contribution in [0.1, 0.15) is 5.56 Å². The lowest BCUT2D eigenvalue weighted by Crippen LogP contribution is -2.47. The van der Waals surface area contributed by atoms with E-state index in [-0.39, 0.29) is 11.5 Å². The van der Waals surface area contributed by atoms with Crippen molar-refractivity contribution in [1.29, 1.82) is 5.26 Å². The number of hydrogen-bond acceptors (Lipinski definition) is 6. The molecule has 2 aromatic carbocycles. The van der Waals surface area contributed by atoms with Gasteiger partial charge in [-0.05, 0) is 48.5 Å². The summed E-state index contributed by atoms with van der Waals surface area (Å²) in [4.78, 5) is 25.5. The maximum Gasteiger partial charge on any atom is 0.264 e. The van der Waals surface area contributed by atoms with Gasteiger partial charge >= 0.3 is 0 Å². The first kappa shape index (κ1) is 23.5. The summed E-state index contributed by atoms with van der Waals surface area (Å²) in [5, 5.41) is 11.1. The molecule has 9 heteroatoms. The number of amides is 1. The molecule has 0 atom stereocenters. The third-order valence-electron chi connectivity index (χ3n) is 6.37. The molecule has 2 aromatic heterocycles. The first-order chi connectivity index (χ1) is 17.4. The molecule has 1 saturated heterocycles. The Bertz CT molecular complexity index is 1510. The number of carbonyl (C=O) groups is 1. The molecule has 1 fully saturated rings. The van der Waals surface area contributed by atoms with E-state index in [4.69, 9.17) is 17.3 Å². The van der Waals surface area contributed by atoms with Gasteiger partial charge in [0.15, 0.2) is 5.65 Å². The number of likely N-dealkylation sites (N-methyl/N-ethyl adjacent to an activating group) is 1. The Hall–Kier alpha value is -4.19. The lowest BCUT2D eigenvalue weighted by molar-refractivity contribution is -0.128. The second-order valence-corrected chi connectivity index (χ2v) is 9.17. The van der Waals surface area contributed by atoms with Crippen molar-refractivity contribution < 1.29 is 4.79 Å². The second kappa shape index (κ2) is 9.82. The summed E-state index contributed by atoms with van der Waals surface area (Å²) in [5.41, 5.74) is 10.4. The van der Waals surface area contributed by atoms with Crippen molar-refractivity contribution in [1.82, 2.24) is 24.3 Å². The quantitative estimate of drug-likeness (QED) is 0.337. The molecule has 0 bridgehead atoms. The molecular weight excluding hydrogens is 474 g/mol. The Balaban J connectivity index is 1.54. The number of anilines is 1. The Morgan fingerprint density at radius 1 is 1.11 bits per heavy atom. The van der Waals surface area contributed by atoms with Crippen LogP contribution < -0.4 is 5.73 Å².